The van der Waals surface area contributed by atoms with Gasteiger partial charge in [-0.15, -0.1) is 0 Å². The molecule has 0 atom stereocenters. The molecule has 6 nitrogen and oxygen atoms in total. The average Bonchev–Trinajstić information content (AvgIpc) is 3.31. The van der Waals surface area contributed by atoms with Crippen LogP contribution in [0.3, 0.4) is 0 Å². The first-order chi connectivity index (χ1) is 18.8. The van der Waals surface area contributed by atoms with E-state index >= 15 is 0 Å². The number of hydrazone groups is 1. The largest absolute Gasteiger partial charge is 0.422 e. The summed E-state index contributed by atoms with van der Waals surface area (Å²) >= 11 is 15.4. The minimum absolute atomic E-state index is 0.139. The van der Waals surface area contributed by atoms with E-state index in [4.69, 9.17) is 27.9 Å². The highest BCUT2D eigenvalue weighted by molar-refractivity contribution is 9.10. The van der Waals surface area contributed by atoms with E-state index in [-0.39, 0.29) is 27.5 Å². The summed E-state index contributed by atoms with van der Waals surface area (Å²) in [5.41, 5.74) is 4.66. The second kappa shape index (κ2) is 11.4. The number of H-pyrrole nitrogens is 1. The zero-order valence-corrected chi connectivity index (χ0v) is 22.9. The fraction of sp³-hybridized carbons (Fsp3) is 0. The Morgan fingerprint density at radius 3 is 2.54 bits per heavy atom. The van der Waals surface area contributed by atoms with Crippen molar-refractivity contribution in [3.63, 3.8) is 0 Å². The maximum absolute atomic E-state index is 14.5. The molecule has 0 unspecified atom stereocenters. The number of aromatic nitrogens is 1. The molecule has 0 aliphatic rings. The van der Waals surface area contributed by atoms with Crippen LogP contribution in [-0.2, 0) is 0 Å². The first kappa shape index (κ1) is 26.6. The van der Waals surface area contributed by atoms with E-state index in [0.717, 1.165) is 5.56 Å². The van der Waals surface area contributed by atoms with Gasteiger partial charge in [0.15, 0.2) is 0 Å². The average molecular weight is 625 g/mol. The number of hydrogen-bond donors (Lipinski definition) is 2. The lowest BCUT2D eigenvalue weighted by Crippen LogP contribution is -2.19. The zero-order valence-electron chi connectivity index (χ0n) is 19.8. The Bertz CT molecular complexity index is 1760. The third kappa shape index (κ3) is 5.73. The Morgan fingerprint density at radius 1 is 0.974 bits per heavy atom. The van der Waals surface area contributed by atoms with Gasteiger partial charge in [-0.2, -0.15) is 5.10 Å². The van der Waals surface area contributed by atoms with E-state index in [1.54, 1.807) is 30.3 Å². The van der Waals surface area contributed by atoms with Crippen LogP contribution in [0.15, 0.2) is 94.5 Å². The van der Waals surface area contributed by atoms with Gasteiger partial charge in [-0.3, -0.25) is 4.79 Å². The minimum Gasteiger partial charge on any atom is -0.422 e. The number of para-hydroxylation sites is 1. The lowest BCUT2D eigenvalue weighted by molar-refractivity contribution is 0.0734. The van der Waals surface area contributed by atoms with E-state index < -0.39 is 17.7 Å². The van der Waals surface area contributed by atoms with E-state index in [9.17, 15) is 14.0 Å². The fourth-order valence-corrected chi connectivity index (χ4v) is 4.86. The van der Waals surface area contributed by atoms with Gasteiger partial charge >= 0.3 is 5.97 Å². The molecule has 0 fully saturated rings. The number of halogens is 4. The summed E-state index contributed by atoms with van der Waals surface area (Å²) in [7, 11) is 0. The molecule has 4 aromatic carbocycles. The molecule has 5 aromatic rings. The van der Waals surface area contributed by atoms with Crippen molar-refractivity contribution in [2.45, 2.75) is 0 Å². The molecule has 1 aromatic heterocycles. The third-order valence-corrected chi connectivity index (χ3v) is 6.81. The van der Waals surface area contributed by atoms with Crippen molar-refractivity contribution in [1.82, 2.24) is 10.4 Å². The number of ether oxygens (including phenoxy) is 1. The van der Waals surface area contributed by atoms with Gasteiger partial charge in [0.1, 0.15) is 17.3 Å². The Labute approximate surface area is 240 Å². The normalized spacial score (nSPS) is 11.2. The Kier molecular flexibility index (Phi) is 7.79. The van der Waals surface area contributed by atoms with Gasteiger partial charge < -0.3 is 9.72 Å². The number of nitrogens with one attached hydrogen (secondary N) is 2. The van der Waals surface area contributed by atoms with Gasteiger partial charge in [-0.25, -0.2) is 14.6 Å². The number of nitrogens with zero attached hydrogens (tertiary/aromatic N) is 1. The van der Waals surface area contributed by atoms with Gasteiger partial charge in [0.2, 0.25) is 0 Å². The maximum Gasteiger partial charge on any atom is 0.345 e. The predicted octanol–water partition coefficient (Wildman–Crippen LogP) is 8.03. The SMILES string of the molecule is O=C(Oc1ccc(Br)cc1C=NNC(=O)c1[nH]c2c(F)cccc2c1-c1ccccc1)c1ccc(Cl)cc1Cl. The van der Waals surface area contributed by atoms with Crippen molar-refractivity contribution in [2.24, 2.45) is 5.10 Å². The highest BCUT2D eigenvalue weighted by atomic mass is 79.9. The van der Waals surface area contributed by atoms with Crippen molar-refractivity contribution in [2.75, 3.05) is 0 Å². The number of carbonyl (C=O) groups excluding carboxylic acids is 2. The number of fused-ring (bicyclic) bond motifs is 1. The molecule has 194 valence electrons. The van der Waals surface area contributed by atoms with Crippen molar-refractivity contribution < 1.29 is 18.7 Å². The Balaban J connectivity index is 1.42. The molecule has 2 N–H and O–H groups in total. The summed E-state index contributed by atoms with van der Waals surface area (Å²) in [4.78, 5) is 28.8. The van der Waals surface area contributed by atoms with Crippen molar-refractivity contribution in [3.05, 3.63) is 122 Å². The molecular weight excluding hydrogens is 608 g/mol. The second-order valence-electron chi connectivity index (χ2n) is 8.30. The van der Waals surface area contributed by atoms with Gasteiger partial charge in [-0.1, -0.05) is 81.6 Å². The summed E-state index contributed by atoms with van der Waals surface area (Å²) < 4.78 is 20.8. The van der Waals surface area contributed by atoms with Crippen LogP contribution in [0.1, 0.15) is 26.4 Å². The summed E-state index contributed by atoms with van der Waals surface area (Å²) in [5, 5.41) is 5.16. The van der Waals surface area contributed by atoms with Crippen LogP contribution in [0.4, 0.5) is 4.39 Å². The van der Waals surface area contributed by atoms with E-state index in [1.165, 1.54) is 30.5 Å². The quantitative estimate of drug-likeness (QED) is 0.0868. The summed E-state index contributed by atoms with van der Waals surface area (Å²) in [6.45, 7) is 0. The molecule has 5 rings (SSSR count). The van der Waals surface area contributed by atoms with Gasteiger partial charge in [0.25, 0.3) is 5.91 Å². The van der Waals surface area contributed by atoms with Crippen molar-refractivity contribution in [1.29, 1.82) is 0 Å². The Hall–Kier alpha value is -3.98. The number of rotatable bonds is 6. The smallest absolute Gasteiger partial charge is 0.345 e. The summed E-state index contributed by atoms with van der Waals surface area (Å²) in [6, 6.07) is 23.2. The fourth-order valence-electron chi connectivity index (χ4n) is 4.00. The van der Waals surface area contributed by atoms with Crippen LogP contribution in [-0.4, -0.2) is 23.1 Å². The van der Waals surface area contributed by atoms with Gasteiger partial charge in [-0.05, 0) is 48.0 Å². The van der Waals surface area contributed by atoms with E-state index in [1.807, 2.05) is 30.3 Å². The first-order valence-corrected chi connectivity index (χ1v) is 13.0. The van der Waals surface area contributed by atoms with Crippen LogP contribution >= 0.6 is 39.1 Å². The predicted molar refractivity (Wildman–Crippen MR) is 154 cm³/mol. The molecule has 10 heteroatoms. The topological polar surface area (TPSA) is 83.5 Å². The van der Waals surface area contributed by atoms with Crippen LogP contribution < -0.4 is 10.2 Å². The maximum atomic E-state index is 14.5. The van der Waals surface area contributed by atoms with Crippen LogP contribution in [0, 0.1) is 5.82 Å². The number of esters is 1. The van der Waals surface area contributed by atoms with Gasteiger partial charge in [0, 0.05) is 26.0 Å². The molecule has 0 aliphatic heterocycles. The number of benzene rings is 4. The molecule has 39 heavy (non-hydrogen) atoms. The zero-order chi connectivity index (χ0) is 27.5. The highest BCUT2D eigenvalue weighted by Gasteiger charge is 2.21. The van der Waals surface area contributed by atoms with Crippen LogP contribution in [0.2, 0.25) is 10.0 Å². The molecule has 1 heterocycles. The van der Waals surface area contributed by atoms with Crippen molar-refractivity contribution in [3.8, 4) is 16.9 Å². The lowest BCUT2D eigenvalue weighted by atomic mass is 10.0. The van der Waals surface area contributed by atoms with E-state index in [0.29, 0.717) is 26.0 Å². The third-order valence-electron chi connectivity index (χ3n) is 5.77. The monoisotopic (exact) mass is 623 g/mol. The molecule has 0 spiro atoms. The first-order valence-electron chi connectivity index (χ1n) is 11.5. The standard InChI is InChI=1S/C29H17BrCl2FN3O3/c30-18-9-12-24(39-29(38)20-11-10-19(31)14-22(20)32)17(13-18)15-34-36-28(37)27-25(16-5-2-1-3-6-16)21-7-4-8-23(33)26(21)35-27/h1-15,35H,(H,36,37). The van der Waals surface area contributed by atoms with Crippen LogP contribution in [0.25, 0.3) is 22.0 Å². The van der Waals surface area contributed by atoms with Crippen molar-refractivity contribution >= 4 is 68.1 Å². The molecule has 1 amide bonds. The molecule has 0 aliphatic carbocycles. The van der Waals surface area contributed by atoms with Gasteiger partial charge in [0.05, 0.1) is 22.3 Å². The number of carbonyl (C=O) groups is 2. The molecular formula is C29H17BrCl2FN3O3. The second-order valence-corrected chi connectivity index (χ2v) is 10.1. The highest BCUT2D eigenvalue weighted by Crippen LogP contribution is 2.33. The molecule has 0 bridgehead atoms. The summed E-state index contributed by atoms with van der Waals surface area (Å²) in [5.74, 6) is -1.56. The van der Waals surface area contributed by atoms with Crippen LogP contribution in [0.5, 0.6) is 5.75 Å². The lowest BCUT2D eigenvalue weighted by Gasteiger charge is -2.09. The number of amides is 1. The summed E-state index contributed by atoms with van der Waals surface area (Å²) in [6.07, 6.45) is 1.33. The van der Waals surface area contributed by atoms with E-state index in [2.05, 4.69) is 31.4 Å². The number of hydrogen-bond acceptors (Lipinski definition) is 4. The molecule has 0 radical (unpaired) electrons. The molecule has 0 saturated carbocycles. The minimum atomic E-state index is -0.690. The number of aromatic amines is 1. The Morgan fingerprint density at radius 2 is 1.77 bits per heavy atom. The molecule has 0 saturated heterocycles.